The van der Waals surface area contributed by atoms with Gasteiger partial charge in [-0.1, -0.05) is 0 Å². The van der Waals surface area contributed by atoms with Gasteiger partial charge in [0.25, 0.3) is 0 Å². The molecule has 0 heterocycles. The highest BCUT2D eigenvalue weighted by Crippen LogP contribution is 1.91. The molecule has 0 aromatic heterocycles. The van der Waals surface area contributed by atoms with Crippen molar-refractivity contribution in [2.24, 2.45) is 0 Å². The van der Waals surface area contributed by atoms with E-state index in [2.05, 4.69) is 10.6 Å². The number of aliphatic carboxylic acids is 2. The van der Waals surface area contributed by atoms with Crippen LogP contribution in [0.25, 0.3) is 0 Å². The minimum absolute atomic E-state index is 0.0197. The highest BCUT2D eigenvalue weighted by atomic mass is 16.4. The summed E-state index contributed by atoms with van der Waals surface area (Å²) < 4.78 is 0. The van der Waals surface area contributed by atoms with Crippen molar-refractivity contribution in [1.29, 1.82) is 0 Å². The first-order valence-corrected chi connectivity index (χ1v) is 5.53. The number of nitrogens with one attached hydrogen (secondary N) is 2. The van der Waals surface area contributed by atoms with Gasteiger partial charge in [-0.3, -0.25) is 14.4 Å². The lowest BCUT2D eigenvalue weighted by Gasteiger charge is -2.07. The molecule has 0 rings (SSSR count). The molecule has 0 aliphatic carbocycles. The van der Waals surface area contributed by atoms with Crippen LogP contribution in [0.3, 0.4) is 0 Å². The van der Waals surface area contributed by atoms with Gasteiger partial charge >= 0.3 is 11.9 Å². The normalized spacial score (nSPS) is 12.6. The zero-order valence-corrected chi connectivity index (χ0v) is 11.2. The van der Waals surface area contributed by atoms with Crippen molar-refractivity contribution in [2.75, 3.05) is 14.1 Å². The minimum atomic E-state index is -0.996. The molecule has 0 aliphatic heterocycles. The molecule has 0 radical (unpaired) electrons. The zero-order valence-electron chi connectivity index (χ0n) is 11.2. The molecule has 0 aromatic rings. The van der Waals surface area contributed by atoms with Crippen LogP contribution in [0.4, 0.5) is 0 Å². The van der Waals surface area contributed by atoms with E-state index in [4.69, 9.17) is 10.2 Å². The lowest BCUT2D eigenvalue weighted by Crippen LogP contribution is -2.34. The van der Waals surface area contributed by atoms with E-state index in [0.717, 1.165) is 0 Å². The topological polar surface area (TPSA) is 133 Å². The molecule has 0 saturated heterocycles. The molecule has 2 atom stereocenters. The fraction of sp³-hybridized carbons (Fsp3) is 0.636. The smallest absolute Gasteiger partial charge is 0.321 e. The second-order valence-electron chi connectivity index (χ2n) is 3.63. The van der Waals surface area contributed by atoms with Crippen LogP contribution in [-0.2, 0) is 19.2 Å². The predicted molar refractivity (Wildman–Crippen MR) is 66.9 cm³/mol. The van der Waals surface area contributed by atoms with Crippen molar-refractivity contribution in [3.8, 4) is 0 Å². The monoisotopic (exact) mass is 276 g/mol. The summed E-state index contributed by atoms with van der Waals surface area (Å²) in [6.07, 6.45) is 0.451. The van der Waals surface area contributed by atoms with Gasteiger partial charge in [-0.05, 0) is 21.0 Å². The highest BCUT2D eigenvalue weighted by molar-refractivity contribution is 5.85. The minimum Gasteiger partial charge on any atom is -0.481 e. The molecule has 0 fully saturated rings. The lowest BCUT2D eigenvalue weighted by molar-refractivity contribution is -0.140. The summed E-state index contributed by atoms with van der Waals surface area (Å²) in [4.78, 5) is 40.5. The van der Waals surface area contributed by atoms with Gasteiger partial charge in [0.15, 0.2) is 0 Å². The van der Waals surface area contributed by atoms with E-state index in [0.29, 0.717) is 6.29 Å². The van der Waals surface area contributed by atoms with Gasteiger partial charge in [-0.25, -0.2) is 0 Å². The summed E-state index contributed by atoms with van der Waals surface area (Å²) >= 11 is 0. The number of hydrogen-bond acceptors (Lipinski definition) is 6. The van der Waals surface area contributed by atoms with Crippen molar-refractivity contribution < 1.29 is 29.4 Å². The van der Waals surface area contributed by atoms with Crippen LogP contribution in [0.1, 0.15) is 19.8 Å². The average Bonchev–Trinajstić information content (AvgIpc) is 2.32. The first-order valence-electron chi connectivity index (χ1n) is 5.53. The number of carboxylic acids is 2. The Labute approximate surface area is 111 Å². The Hall–Kier alpha value is -1.80. The van der Waals surface area contributed by atoms with Gasteiger partial charge in [-0.15, -0.1) is 0 Å². The molecule has 4 N–H and O–H groups in total. The summed E-state index contributed by atoms with van der Waals surface area (Å²) in [5, 5.41) is 21.6. The Morgan fingerprint density at radius 3 is 1.68 bits per heavy atom. The highest BCUT2D eigenvalue weighted by Gasteiger charge is 2.14. The van der Waals surface area contributed by atoms with E-state index in [1.165, 1.54) is 14.0 Å². The van der Waals surface area contributed by atoms with Gasteiger partial charge in [0.2, 0.25) is 0 Å². The van der Waals surface area contributed by atoms with Crippen LogP contribution in [0.2, 0.25) is 0 Å². The number of rotatable bonds is 8. The Morgan fingerprint density at radius 1 is 1.11 bits per heavy atom. The van der Waals surface area contributed by atoms with Crippen molar-refractivity contribution in [3.05, 3.63) is 0 Å². The Morgan fingerprint density at radius 2 is 1.58 bits per heavy atom. The van der Waals surface area contributed by atoms with E-state index in [9.17, 15) is 19.2 Å². The number of carbonyl (C=O) groups is 4. The summed E-state index contributed by atoms with van der Waals surface area (Å²) in [7, 11) is 3.07. The lowest BCUT2D eigenvalue weighted by atomic mass is 10.1. The van der Waals surface area contributed by atoms with Crippen molar-refractivity contribution >= 4 is 24.0 Å². The van der Waals surface area contributed by atoms with Gasteiger partial charge in [0, 0.05) is 6.42 Å². The zero-order chi connectivity index (χ0) is 15.4. The molecular weight excluding hydrogens is 256 g/mol. The third-order valence-corrected chi connectivity index (χ3v) is 2.20. The van der Waals surface area contributed by atoms with E-state index in [1.54, 1.807) is 7.05 Å². The van der Waals surface area contributed by atoms with Crippen LogP contribution >= 0.6 is 0 Å². The molecule has 0 saturated carbocycles. The Bertz CT molecular complexity index is 318. The molecule has 0 aliphatic rings. The number of ketones is 1. The molecule has 0 aromatic carbocycles. The molecule has 0 spiro atoms. The van der Waals surface area contributed by atoms with E-state index in [-0.39, 0.29) is 18.6 Å². The molecule has 8 heteroatoms. The van der Waals surface area contributed by atoms with Crippen LogP contribution in [0.5, 0.6) is 0 Å². The summed E-state index contributed by atoms with van der Waals surface area (Å²) in [6, 6.07) is -1.28. The first-order chi connectivity index (χ1) is 8.79. The van der Waals surface area contributed by atoms with Crippen LogP contribution in [-0.4, -0.2) is 60.4 Å². The number of carbonyl (C=O) groups excluding carboxylic acids is 2. The van der Waals surface area contributed by atoms with Crippen molar-refractivity contribution in [1.82, 2.24) is 10.6 Å². The number of Topliss-reactive ketones (excluding diaryl/α,β-unsaturated/α-hetero) is 1. The maximum Gasteiger partial charge on any atom is 0.321 e. The van der Waals surface area contributed by atoms with E-state index >= 15 is 0 Å². The fourth-order valence-corrected chi connectivity index (χ4v) is 1.06. The Balaban J connectivity index is 0. The second-order valence-corrected chi connectivity index (χ2v) is 3.63. The number of carboxylic acid groups (broad SMARTS) is 2. The van der Waals surface area contributed by atoms with Crippen LogP contribution in [0.15, 0.2) is 0 Å². The molecule has 110 valence electrons. The van der Waals surface area contributed by atoms with E-state index in [1.807, 2.05) is 0 Å². The van der Waals surface area contributed by atoms with Gasteiger partial charge in [0.05, 0.1) is 12.5 Å². The molecule has 0 bridgehead atoms. The maximum atomic E-state index is 10.6. The maximum absolute atomic E-state index is 10.6. The summed E-state index contributed by atoms with van der Waals surface area (Å²) in [5.74, 6) is -2.11. The first kappa shape index (κ1) is 19.5. The van der Waals surface area contributed by atoms with Gasteiger partial charge in [0.1, 0.15) is 18.1 Å². The number of hydrogen-bond donors (Lipinski definition) is 4. The molecule has 8 nitrogen and oxygen atoms in total. The molecular formula is C11H20N2O6. The van der Waals surface area contributed by atoms with Crippen LogP contribution in [0, 0.1) is 0 Å². The molecule has 19 heavy (non-hydrogen) atoms. The van der Waals surface area contributed by atoms with Gasteiger partial charge < -0.3 is 25.6 Å². The second kappa shape index (κ2) is 11.3. The van der Waals surface area contributed by atoms with Crippen molar-refractivity contribution in [3.63, 3.8) is 0 Å². The SMILES string of the molecule is CNC(CC(=O)O)C(C)=O.CNC(CC=O)C(=O)O. The number of likely N-dealkylation sites (N-methyl/N-ethyl adjacent to an activating group) is 2. The molecule has 0 amide bonds. The number of aldehydes is 1. The quantitative estimate of drug-likeness (QED) is 0.410. The van der Waals surface area contributed by atoms with Gasteiger partial charge in [-0.2, -0.15) is 0 Å². The van der Waals surface area contributed by atoms with Crippen LogP contribution < -0.4 is 10.6 Å². The largest absolute Gasteiger partial charge is 0.481 e. The summed E-state index contributed by atoms with van der Waals surface area (Å²) in [5.41, 5.74) is 0. The summed E-state index contributed by atoms with van der Waals surface area (Å²) in [6.45, 7) is 1.37. The Kier molecular flexibility index (Phi) is 11.6. The fourth-order valence-electron chi connectivity index (χ4n) is 1.06. The van der Waals surface area contributed by atoms with Crippen molar-refractivity contribution in [2.45, 2.75) is 31.8 Å². The third kappa shape index (κ3) is 11.0. The molecule has 2 unspecified atom stereocenters. The average molecular weight is 276 g/mol. The van der Waals surface area contributed by atoms with E-state index < -0.39 is 24.0 Å². The standard InChI is InChI=1S/C6H11NO3.C5H9NO3/c1-4(8)5(7-2)3-6(9)10;1-6-4(2-3-7)5(8)9/h5,7H,3H2,1-2H3,(H,9,10);3-4,6H,2H2,1H3,(H,8,9). The predicted octanol–water partition coefficient (Wildman–Crippen LogP) is -1.11. The third-order valence-electron chi connectivity index (χ3n) is 2.20.